The molecule has 0 aliphatic carbocycles. The molecule has 70 valence electrons. The second-order valence-electron chi connectivity index (χ2n) is 3.09. The Balaban J connectivity index is 2.84. The number of nitroso groups, excluding NO2 is 1. The van der Waals surface area contributed by atoms with Crippen molar-refractivity contribution in [3.05, 3.63) is 40.9 Å². The quantitative estimate of drug-likeness (QED) is 0.676. The second-order valence-corrected chi connectivity index (χ2v) is 3.09. The molecule has 0 unspecified atom stereocenters. The molecule has 0 N–H and O–H groups in total. The number of aryl methyl sites for hydroxylation is 1. The molecule has 0 fully saturated rings. The number of hydrogen-bond acceptors (Lipinski definition) is 3. The fraction of sp³-hybridized carbons (Fsp3) is 0.182. The van der Waals surface area contributed by atoms with E-state index in [1.165, 1.54) is 0 Å². The average Bonchev–Trinajstić information content (AvgIpc) is 2.27. The highest BCUT2D eigenvalue weighted by Gasteiger charge is 2.05. The van der Waals surface area contributed by atoms with Crippen LogP contribution in [0.4, 0.5) is 5.69 Å². The van der Waals surface area contributed by atoms with Gasteiger partial charge in [-0.05, 0) is 35.4 Å². The summed E-state index contributed by atoms with van der Waals surface area (Å²) in [6.07, 6.45) is 2.64. The Morgan fingerprint density at radius 1 is 1.36 bits per heavy atom. The van der Waals surface area contributed by atoms with Crippen LogP contribution in [0.3, 0.4) is 0 Å². The molecule has 14 heavy (non-hydrogen) atoms. The zero-order chi connectivity index (χ0) is 9.97. The van der Waals surface area contributed by atoms with Gasteiger partial charge in [0.1, 0.15) is 5.69 Å². The van der Waals surface area contributed by atoms with Crippen LogP contribution in [0.5, 0.6) is 0 Å². The van der Waals surface area contributed by atoms with Gasteiger partial charge in [0.25, 0.3) is 0 Å². The fourth-order valence-electron chi connectivity index (χ4n) is 1.58. The summed E-state index contributed by atoms with van der Waals surface area (Å²) in [6, 6.07) is 7.34. The van der Waals surface area contributed by atoms with Crippen molar-refractivity contribution in [3.63, 3.8) is 0 Å². The molecule has 0 spiro atoms. The van der Waals surface area contributed by atoms with Crippen LogP contribution < -0.4 is 0 Å². The normalized spacial score (nSPS) is 10.4. The van der Waals surface area contributed by atoms with E-state index in [1.54, 1.807) is 12.3 Å². The maximum atomic E-state index is 10.5. The number of benzene rings is 1. The van der Waals surface area contributed by atoms with Gasteiger partial charge in [-0.1, -0.05) is 13.0 Å². The molecular weight excluding hydrogens is 176 g/mol. The molecular formula is C11H10N2O. The molecule has 0 aliphatic heterocycles. The smallest absolute Gasteiger partial charge is 0.117 e. The number of fused-ring (bicyclic) bond motifs is 1. The first-order chi connectivity index (χ1) is 6.86. The van der Waals surface area contributed by atoms with Crippen molar-refractivity contribution in [2.24, 2.45) is 5.18 Å². The predicted molar refractivity (Wildman–Crippen MR) is 56.6 cm³/mol. The molecule has 1 aromatic heterocycles. The van der Waals surface area contributed by atoms with Gasteiger partial charge in [-0.3, -0.25) is 4.98 Å². The summed E-state index contributed by atoms with van der Waals surface area (Å²) >= 11 is 0. The zero-order valence-corrected chi connectivity index (χ0v) is 7.90. The Morgan fingerprint density at radius 2 is 2.21 bits per heavy atom. The molecule has 1 aromatic carbocycles. The summed E-state index contributed by atoms with van der Waals surface area (Å²) in [7, 11) is 0. The molecule has 0 aliphatic rings. The standard InChI is InChI=1S/C11H10N2O/c1-2-8-5-6-10(13-14)9-4-3-7-12-11(8)9/h3-7H,2H2,1H3. The van der Waals surface area contributed by atoms with E-state index in [0.29, 0.717) is 5.69 Å². The van der Waals surface area contributed by atoms with E-state index in [1.807, 2.05) is 18.2 Å². The predicted octanol–water partition coefficient (Wildman–Crippen LogP) is 3.20. The fourth-order valence-corrected chi connectivity index (χ4v) is 1.58. The van der Waals surface area contributed by atoms with Crippen LogP contribution in [0.1, 0.15) is 12.5 Å². The van der Waals surface area contributed by atoms with Crippen molar-refractivity contribution in [3.8, 4) is 0 Å². The zero-order valence-electron chi connectivity index (χ0n) is 7.90. The Bertz CT molecular complexity index is 480. The Labute approximate surface area is 81.8 Å². The van der Waals surface area contributed by atoms with E-state index < -0.39 is 0 Å². The molecule has 2 aromatic rings. The minimum absolute atomic E-state index is 0.463. The highest BCUT2D eigenvalue weighted by molar-refractivity contribution is 5.91. The van der Waals surface area contributed by atoms with E-state index in [9.17, 15) is 4.91 Å². The lowest BCUT2D eigenvalue weighted by atomic mass is 10.1. The third-order valence-electron chi connectivity index (χ3n) is 2.31. The molecule has 0 bridgehead atoms. The summed E-state index contributed by atoms with van der Waals surface area (Å²) in [5, 5.41) is 3.82. The Kier molecular flexibility index (Phi) is 2.23. The lowest BCUT2D eigenvalue weighted by Gasteiger charge is -2.03. The highest BCUT2D eigenvalue weighted by Crippen LogP contribution is 2.27. The minimum atomic E-state index is 0.463. The number of aromatic nitrogens is 1. The first kappa shape index (κ1) is 8.81. The van der Waals surface area contributed by atoms with E-state index in [4.69, 9.17) is 0 Å². The summed E-state index contributed by atoms with van der Waals surface area (Å²) in [5.41, 5.74) is 2.49. The molecule has 2 rings (SSSR count). The third-order valence-corrected chi connectivity index (χ3v) is 2.31. The Hall–Kier alpha value is -1.77. The van der Waals surface area contributed by atoms with Gasteiger partial charge >= 0.3 is 0 Å². The average molecular weight is 186 g/mol. The SMILES string of the molecule is CCc1ccc(N=O)c2cccnc12. The van der Waals surface area contributed by atoms with Gasteiger partial charge in [0.2, 0.25) is 0 Å². The van der Waals surface area contributed by atoms with E-state index in [0.717, 1.165) is 22.9 Å². The molecule has 3 heteroatoms. The van der Waals surface area contributed by atoms with Crippen molar-refractivity contribution in [2.45, 2.75) is 13.3 Å². The summed E-state index contributed by atoms with van der Waals surface area (Å²) < 4.78 is 0. The van der Waals surface area contributed by atoms with E-state index in [2.05, 4.69) is 17.1 Å². The van der Waals surface area contributed by atoms with Crippen molar-refractivity contribution >= 4 is 16.6 Å². The molecule has 1 heterocycles. The van der Waals surface area contributed by atoms with Crippen LogP contribution in [0, 0.1) is 4.91 Å². The highest BCUT2D eigenvalue weighted by atomic mass is 16.3. The van der Waals surface area contributed by atoms with Crippen LogP contribution in [-0.2, 0) is 6.42 Å². The van der Waals surface area contributed by atoms with Crippen LogP contribution in [-0.4, -0.2) is 4.98 Å². The van der Waals surface area contributed by atoms with E-state index in [-0.39, 0.29) is 0 Å². The summed E-state index contributed by atoms with van der Waals surface area (Å²) in [6.45, 7) is 2.07. The van der Waals surface area contributed by atoms with Crippen LogP contribution in [0.15, 0.2) is 35.6 Å². The van der Waals surface area contributed by atoms with Gasteiger partial charge < -0.3 is 0 Å². The molecule has 0 amide bonds. The van der Waals surface area contributed by atoms with Gasteiger partial charge in [-0.25, -0.2) is 0 Å². The summed E-state index contributed by atoms with van der Waals surface area (Å²) in [5.74, 6) is 0. The minimum Gasteiger partial charge on any atom is -0.256 e. The number of pyridine rings is 1. The molecule has 0 radical (unpaired) electrons. The van der Waals surface area contributed by atoms with E-state index >= 15 is 0 Å². The molecule has 3 nitrogen and oxygen atoms in total. The lowest BCUT2D eigenvalue weighted by Crippen LogP contribution is -1.86. The topological polar surface area (TPSA) is 42.3 Å². The van der Waals surface area contributed by atoms with Gasteiger partial charge in [0.05, 0.1) is 5.52 Å². The third kappa shape index (κ3) is 1.27. The van der Waals surface area contributed by atoms with Gasteiger partial charge in [-0.2, -0.15) is 0 Å². The van der Waals surface area contributed by atoms with Gasteiger partial charge in [0, 0.05) is 11.6 Å². The molecule has 0 saturated heterocycles. The van der Waals surface area contributed by atoms with Crippen molar-refractivity contribution in [2.75, 3.05) is 0 Å². The molecule has 0 saturated carbocycles. The first-order valence-corrected chi connectivity index (χ1v) is 4.56. The van der Waals surface area contributed by atoms with Crippen LogP contribution >= 0.6 is 0 Å². The maximum absolute atomic E-state index is 10.5. The largest absolute Gasteiger partial charge is 0.256 e. The lowest BCUT2D eigenvalue weighted by molar-refractivity contribution is 1.14. The molecule has 0 atom stereocenters. The second kappa shape index (κ2) is 3.54. The van der Waals surface area contributed by atoms with Crippen LogP contribution in [0.2, 0.25) is 0 Å². The van der Waals surface area contributed by atoms with Crippen LogP contribution in [0.25, 0.3) is 10.9 Å². The van der Waals surface area contributed by atoms with Gasteiger partial charge in [-0.15, -0.1) is 4.91 Å². The van der Waals surface area contributed by atoms with Gasteiger partial charge in [0.15, 0.2) is 0 Å². The Morgan fingerprint density at radius 3 is 2.93 bits per heavy atom. The number of hydrogen-bond donors (Lipinski definition) is 0. The maximum Gasteiger partial charge on any atom is 0.117 e. The van der Waals surface area contributed by atoms with Crippen molar-refractivity contribution in [1.82, 2.24) is 4.98 Å². The number of nitrogens with zero attached hydrogens (tertiary/aromatic N) is 2. The first-order valence-electron chi connectivity index (χ1n) is 4.56. The van der Waals surface area contributed by atoms with Crippen molar-refractivity contribution in [1.29, 1.82) is 0 Å². The summed E-state index contributed by atoms with van der Waals surface area (Å²) in [4.78, 5) is 14.8. The monoisotopic (exact) mass is 186 g/mol. The number of rotatable bonds is 2. The van der Waals surface area contributed by atoms with Crippen molar-refractivity contribution < 1.29 is 0 Å².